The van der Waals surface area contributed by atoms with Crippen molar-refractivity contribution in [2.24, 2.45) is 0 Å². The Balaban J connectivity index is 1.67. The SMILES string of the molecule is COc1cc(CN(C)Cc2nc(-c3ccccc3OC)no2)ccc1OC(F)F. The van der Waals surface area contributed by atoms with Gasteiger partial charge < -0.3 is 18.7 Å². The van der Waals surface area contributed by atoms with Crippen LogP contribution in [0, 0.1) is 0 Å². The minimum atomic E-state index is -2.91. The average Bonchev–Trinajstić information content (AvgIpc) is 3.16. The predicted molar refractivity (Wildman–Crippen MR) is 101 cm³/mol. The van der Waals surface area contributed by atoms with Crippen LogP contribution in [0.2, 0.25) is 0 Å². The molecular formula is C20H21F2N3O4. The standard InChI is InChI=1S/C20H21F2N3O4/c1-25(11-13-8-9-16(28-20(21)22)17(10-13)27-3)12-18-23-19(24-29-18)14-6-4-5-7-15(14)26-2/h4-10,20H,11-12H2,1-3H3. The van der Waals surface area contributed by atoms with Crippen molar-refractivity contribution in [3.05, 3.63) is 53.9 Å². The molecule has 3 aromatic rings. The number of nitrogens with zero attached hydrogens (tertiary/aromatic N) is 3. The molecule has 0 saturated heterocycles. The molecule has 0 amide bonds. The van der Waals surface area contributed by atoms with Gasteiger partial charge >= 0.3 is 6.61 Å². The third-order valence-electron chi connectivity index (χ3n) is 4.12. The molecule has 0 bridgehead atoms. The van der Waals surface area contributed by atoms with Crippen molar-refractivity contribution in [3.8, 4) is 28.6 Å². The lowest BCUT2D eigenvalue weighted by Crippen LogP contribution is -2.17. The van der Waals surface area contributed by atoms with Gasteiger partial charge in [-0.1, -0.05) is 23.4 Å². The number of alkyl halides is 2. The summed E-state index contributed by atoms with van der Waals surface area (Å²) in [5.74, 6) is 1.78. The van der Waals surface area contributed by atoms with Crippen LogP contribution in [0.15, 0.2) is 47.0 Å². The predicted octanol–water partition coefficient (Wildman–Crippen LogP) is 3.99. The maximum atomic E-state index is 12.4. The van der Waals surface area contributed by atoms with Gasteiger partial charge in [-0.15, -0.1) is 0 Å². The number of halogens is 2. The maximum Gasteiger partial charge on any atom is 0.387 e. The Morgan fingerprint density at radius 3 is 2.48 bits per heavy atom. The molecule has 0 aliphatic rings. The molecule has 9 heteroatoms. The van der Waals surface area contributed by atoms with E-state index in [2.05, 4.69) is 14.9 Å². The summed E-state index contributed by atoms with van der Waals surface area (Å²) >= 11 is 0. The maximum absolute atomic E-state index is 12.4. The summed E-state index contributed by atoms with van der Waals surface area (Å²) in [6, 6.07) is 12.2. The Hall–Kier alpha value is -3.20. The van der Waals surface area contributed by atoms with Crippen LogP contribution in [-0.2, 0) is 13.1 Å². The van der Waals surface area contributed by atoms with Crippen LogP contribution >= 0.6 is 0 Å². The fraction of sp³-hybridized carbons (Fsp3) is 0.300. The van der Waals surface area contributed by atoms with Gasteiger partial charge in [0.15, 0.2) is 11.5 Å². The number of methoxy groups -OCH3 is 2. The van der Waals surface area contributed by atoms with E-state index in [9.17, 15) is 8.78 Å². The lowest BCUT2D eigenvalue weighted by Gasteiger charge is -2.16. The van der Waals surface area contributed by atoms with Gasteiger partial charge in [-0.2, -0.15) is 13.8 Å². The minimum absolute atomic E-state index is 0.00717. The van der Waals surface area contributed by atoms with Crippen molar-refractivity contribution in [1.82, 2.24) is 15.0 Å². The summed E-state index contributed by atoms with van der Waals surface area (Å²) in [5, 5.41) is 4.02. The zero-order valence-corrected chi connectivity index (χ0v) is 16.3. The topological polar surface area (TPSA) is 69.9 Å². The summed E-state index contributed by atoms with van der Waals surface area (Å²) in [6.07, 6.45) is 0. The lowest BCUT2D eigenvalue weighted by atomic mass is 10.2. The van der Waals surface area contributed by atoms with Crippen molar-refractivity contribution in [2.75, 3.05) is 21.3 Å². The van der Waals surface area contributed by atoms with Crippen molar-refractivity contribution in [2.45, 2.75) is 19.7 Å². The first-order valence-corrected chi connectivity index (χ1v) is 8.76. The van der Waals surface area contributed by atoms with Crippen LogP contribution in [0.25, 0.3) is 11.4 Å². The monoisotopic (exact) mass is 405 g/mol. The van der Waals surface area contributed by atoms with Gasteiger partial charge in [-0.25, -0.2) is 0 Å². The van der Waals surface area contributed by atoms with Crippen LogP contribution < -0.4 is 14.2 Å². The van der Waals surface area contributed by atoms with E-state index in [0.29, 0.717) is 30.6 Å². The summed E-state index contributed by atoms with van der Waals surface area (Å²) < 4.78 is 45.1. The van der Waals surface area contributed by atoms with Crippen LogP contribution in [0.4, 0.5) is 8.78 Å². The molecule has 0 radical (unpaired) electrons. The second-order valence-electron chi connectivity index (χ2n) is 6.25. The molecule has 0 saturated carbocycles. The van der Waals surface area contributed by atoms with E-state index in [-0.39, 0.29) is 11.5 Å². The smallest absolute Gasteiger partial charge is 0.387 e. The van der Waals surface area contributed by atoms with Gasteiger partial charge in [0.05, 0.1) is 26.3 Å². The van der Waals surface area contributed by atoms with Crippen LogP contribution in [0.5, 0.6) is 17.2 Å². The van der Waals surface area contributed by atoms with Crippen LogP contribution in [0.3, 0.4) is 0 Å². The summed E-state index contributed by atoms with van der Waals surface area (Å²) in [7, 11) is 4.86. The van der Waals surface area contributed by atoms with Gasteiger partial charge in [0.1, 0.15) is 5.75 Å². The number of aromatic nitrogens is 2. The molecule has 1 aromatic heterocycles. The third-order valence-corrected chi connectivity index (χ3v) is 4.12. The number of hydrogen-bond donors (Lipinski definition) is 0. The largest absolute Gasteiger partial charge is 0.496 e. The molecule has 0 spiro atoms. The van der Waals surface area contributed by atoms with E-state index in [1.54, 1.807) is 19.2 Å². The highest BCUT2D eigenvalue weighted by Gasteiger charge is 2.15. The Morgan fingerprint density at radius 2 is 1.76 bits per heavy atom. The molecule has 0 aliphatic heterocycles. The molecule has 154 valence electrons. The highest BCUT2D eigenvalue weighted by atomic mass is 19.3. The minimum Gasteiger partial charge on any atom is -0.496 e. The van der Waals surface area contributed by atoms with Crippen LogP contribution in [0.1, 0.15) is 11.5 Å². The molecular weight excluding hydrogens is 384 g/mol. The fourth-order valence-corrected chi connectivity index (χ4v) is 2.86. The summed E-state index contributed by atoms with van der Waals surface area (Å²) in [6.45, 7) is -2.00. The first-order chi connectivity index (χ1) is 14.0. The number of ether oxygens (including phenoxy) is 3. The molecule has 7 nitrogen and oxygen atoms in total. The average molecular weight is 405 g/mol. The Bertz CT molecular complexity index is 949. The lowest BCUT2D eigenvalue weighted by molar-refractivity contribution is -0.0512. The molecule has 0 aliphatic carbocycles. The number of rotatable bonds is 9. The van der Waals surface area contributed by atoms with E-state index in [0.717, 1.165) is 11.1 Å². The van der Waals surface area contributed by atoms with E-state index >= 15 is 0 Å². The Kier molecular flexibility index (Phi) is 6.61. The number of hydrogen-bond acceptors (Lipinski definition) is 7. The molecule has 2 aromatic carbocycles. The Morgan fingerprint density at radius 1 is 1.00 bits per heavy atom. The van der Waals surface area contributed by atoms with E-state index < -0.39 is 6.61 Å². The first kappa shape index (κ1) is 20.5. The molecule has 1 heterocycles. The van der Waals surface area contributed by atoms with Crippen molar-refractivity contribution in [1.29, 1.82) is 0 Å². The second kappa shape index (κ2) is 9.33. The molecule has 29 heavy (non-hydrogen) atoms. The molecule has 3 rings (SSSR count). The van der Waals surface area contributed by atoms with E-state index in [4.69, 9.17) is 14.0 Å². The quantitative estimate of drug-likeness (QED) is 0.533. The number of benzene rings is 2. The summed E-state index contributed by atoms with van der Waals surface area (Å²) in [4.78, 5) is 6.37. The zero-order chi connectivity index (χ0) is 20.8. The number of para-hydroxylation sites is 1. The molecule has 0 atom stereocenters. The van der Waals surface area contributed by atoms with Crippen molar-refractivity contribution in [3.63, 3.8) is 0 Å². The van der Waals surface area contributed by atoms with Gasteiger partial charge in [0.25, 0.3) is 0 Å². The van der Waals surface area contributed by atoms with Gasteiger partial charge in [-0.3, -0.25) is 4.90 Å². The van der Waals surface area contributed by atoms with Gasteiger partial charge in [-0.05, 0) is 36.9 Å². The van der Waals surface area contributed by atoms with E-state index in [1.807, 2.05) is 36.2 Å². The fourth-order valence-electron chi connectivity index (χ4n) is 2.86. The third kappa shape index (κ3) is 5.20. The highest BCUT2D eigenvalue weighted by molar-refractivity contribution is 5.63. The molecule has 0 N–H and O–H groups in total. The second-order valence-corrected chi connectivity index (χ2v) is 6.25. The Labute approximate surface area is 166 Å². The van der Waals surface area contributed by atoms with E-state index in [1.165, 1.54) is 13.2 Å². The summed E-state index contributed by atoms with van der Waals surface area (Å²) in [5.41, 5.74) is 1.60. The normalized spacial score (nSPS) is 11.1. The molecule has 0 fully saturated rings. The highest BCUT2D eigenvalue weighted by Crippen LogP contribution is 2.30. The van der Waals surface area contributed by atoms with Gasteiger partial charge in [0.2, 0.25) is 11.7 Å². The van der Waals surface area contributed by atoms with Crippen LogP contribution in [-0.4, -0.2) is 42.9 Å². The first-order valence-electron chi connectivity index (χ1n) is 8.76. The van der Waals surface area contributed by atoms with Gasteiger partial charge in [0, 0.05) is 6.54 Å². The van der Waals surface area contributed by atoms with Crippen molar-refractivity contribution >= 4 is 0 Å². The van der Waals surface area contributed by atoms with Crippen molar-refractivity contribution < 1.29 is 27.5 Å². The zero-order valence-electron chi connectivity index (χ0n) is 16.3. The molecule has 0 unspecified atom stereocenters.